The summed E-state index contributed by atoms with van der Waals surface area (Å²) in [6, 6.07) is 12.3. The Morgan fingerprint density at radius 2 is 1.76 bits per heavy atom. The summed E-state index contributed by atoms with van der Waals surface area (Å²) in [6.45, 7) is 6.51. The van der Waals surface area contributed by atoms with Crippen LogP contribution < -0.4 is 5.32 Å². The molecule has 1 N–H and O–H groups in total. The second kappa shape index (κ2) is 6.84. The molecule has 0 fully saturated rings. The van der Waals surface area contributed by atoms with E-state index in [-0.39, 0.29) is 16.0 Å². The van der Waals surface area contributed by atoms with Crippen molar-refractivity contribution in [3.8, 4) is 0 Å². The van der Waals surface area contributed by atoms with Gasteiger partial charge in [-0.05, 0) is 30.2 Å². The van der Waals surface area contributed by atoms with Crippen LogP contribution in [-0.2, 0) is 15.3 Å². The van der Waals surface area contributed by atoms with Gasteiger partial charge in [-0.25, -0.2) is 8.42 Å². The standard InChI is InChI=1S/C18H22N2O4S/c1-13-8-5-6-9-14(13)18(2,3)12-19-15-10-7-11-16(25(4,23)24)17(15)20(21)22/h5-11,19H,12H2,1-4H3. The van der Waals surface area contributed by atoms with Gasteiger partial charge in [-0.1, -0.05) is 44.2 Å². The van der Waals surface area contributed by atoms with Crippen molar-refractivity contribution in [1.82, 2.24) is 0 Å². The summed E-state index contributed by atoms with van der Waals surface area (Å²) in [5, 5.41) is 14.5. The van der Waals surface area contributed by atoms with Crippen molar-refractivity contribution in [3.05, 3.63) is 63.7 Å². The van der Waals surface area contributed by atoms with Gasteiger partial charge in [0, 0.05) is 18.2 Å². The van der Waals surface area contributed by atoms with Crippen LogP contribution in [0.4, 0.5) is 11.4 Å². The Morgan fingerprint density at radius 1 is 1.12 bits per heavy atom. The van der Waals surface area contributed by atoms with E-state index in [0.29, 0.717) is 6.54 Å². The van der Waals surface area contributed by atoms with E-state index in [9.17, 15) is 18.5 Å². The molecule has 2 rings (SSSR count). The van der Waals surface area contributed by atoms with Crippen molar-refractivity contribution in [2.75, 3.05) is 18.1 Å². The summed E-state index contributed by atoms with van der Waals surface area (Å²) in [7, 11) is -3.70. The smallest absolute Gasteiger partial charge is 0.310 e. The van der Waals surface area contributed by atoms with E-state index in [4.69, 9.17) is 0 Å². The van der Waals surface area contributed by atoms with Crippen LogP contribution in [0.3, 0.4) is 0 Å². The third kappa shape index (κ3) is 4.17. The number of hydrogen-bond donors (Lipinski definition) is 1. The summed E-state index contributed by atoms with van der Waals surface area (Å²) >= 11 is 0. The molecule has 0 radical (unpaired) electrons. The first-order valence-corrected chi connectivity index (χ1v) is 9.70. The Hall–Kier alpha value is -2.41. The highest BCUT2D eigenvalue weighted by molar-refractivity contribution is 7.90. The lowest BCUT2D eigenvalue weighted by atomic mass is 9.82. The maximum atomic E-state index is 11.8. The molecule has 0 unspecified atom stereocenters. The molecule has 0 saturated carbocycles. The van der Waals surface area contributed by atoms with Crippen LogP contribution >= 0.6 is 0 Å². The number of anilines is 1. The molecular formula is C18H22N2O4S. The van der Waals surface area contributed by atoms with Crippen molar-refractivity contribution >= 4 is 21.2 Å². The van der Waals surface area contributed by atoms with Gasteiger partial charge in [-0.3, -0.25) is 10.1 Å². The number of hydrogen-bond acceptors (Lipinski definition) is 5. The van der Waals surface area contributed by atoms with Gasteiger partial charge in [0.25, 0.3) is 0 Å². The van der Waals surface area contributed by atoms with E-state index in [1.165, 1.54) is 18.2 Å². The molecule has 2 aromatic rings. The van der Waals surface area contributed by atoms with Gasteiger partial charge in [0.15, 0.2) is 9.84 Å². The fraction of sp³-hybridized carbons (Fsp3) is 0.333. The number of nitrogens with zero attached hydrogens (tertiary/aromatic N) is 1. The van der Waals surface area contributed by atoms with Crippen molar-refractivity contribution in [2.45, 2.75) is 31.1 Å². The van der Waals surface area contributed by atoms with Crippen LogP contribution in [0.15, 0.2) is 47.4 Å². The second-order valence-electron chi connectivity index (χ2n) is 6.73. The molecule has 7 heteroatoms. The Bertz CT molecular complexity index is 905. The molecule has 134 valence electrons. The maximum absolute atomic E-state index is 11.8. The lowest BCUT2D eigenvalue weighted by Crippen LogP contribution is -2.28. The van der Waals surface area contributed by atoms with Gasteiger partial charge in [-0.2, -0.15) is 0 Å². The zero-order chi connectivity index (χ0) is 18.8. The van der Waals surface area contributed by atoms with Crippen molar-refractivity contribution in [1.29, 1.82) is 0 Å². The maximum Gasteiger partial charge on any atom is 0.310 e. The first-order chi connectivity index (χ1) is 11.5. The third-order valence-corrected chi connectivity index (χ3v) is 5.30. The summed E-state index contributed by atoms with van der Waals surface area (Å²) in [6.07, 6.45) is 0.969. The molecule has 6 nitrogen and oxygen atoms in total. The van der Waals surface area contributed by atoms with Crippen LogP contribution in [0.2, 0.25) is 0 Å². The van der Waals surface area contributed by atoms with Gasteiger partial charge in [0.1, 0.15) is 10.6 Å². The van der Waals surface area contributed by atoms with Crippen LogP contribution in [0.25, 0.3) is 0 Å². The summed E-state index contributed by atoms with van der Waals surface area (Å²) < 4.78 is 23.7. The van der Waals surface area contributed by atoms with E-state index in [1.54, 1.807) is 0 Å². The fourth-order valence-electron chi connectivity index (χ4n) is 2.90. The van der Waals surface area contributed by atoms with E-state index >= 15 is 0 Å². The minimum absolute atomic E-state index is 0.203. The van der Waals surface area contributed by atoms with E-state index in [1.807, 2.05) is 45.0 Å². The molecule has 0 atom stereocenters. The van der Waals surface area contributed by atoms with Crippen LogP contribution in [0.1, 0.15) is 25.0 Å². The first-order valence-electron chi connectivity index (χ1n) is 7.81. The second-order valence-corrected chi connectivity index (χ2v) is 8.72. The molecule has 25 heavy (non-hydrogen) atoms. The molecule has 0 heterocycles. The van der Waals surface area contributed by atoms with Gasteiger partial charge >= 0.3 is 5.69 Å². The monoisotopic (exact) mass is 362 g/mol. The highest BCUT2D eigenvalue weighted by Crippen LogP contribution is 2.33. The topological polar surface area (TPSA) is 89.3 Å². The zero-order valence-electron chi connectivity index (χ0n) is 14.7. The normalized spacial score (nSPS) is 12.0. The first kappa shape index (κ1) is 18.9. The lowest BCUT2D eigenvalue weighted by Gasteiger charge is -2.28. The summed E-state index contributed by atoms with van der Waals surface area (Å²) in [4.78, 5) is 10.5. The highest BCUT2D eigenvalue weighted by Gasteiger charge is 2.28. The predicted molar refractivity (Wildman–Crippen MR) is 98.9 cm³/mol. The Morgan fingerprint density at radius 3 is 2.32 bits per heavy atom. The summed E-state index contributed by atoms with van der Waals surface area (Å²) in [5.74, 6) is 0. The van der Waals surface area contributed by atoms with Gasteiger partial charge < -0.3 is 5.32 Å². The average molecular weight is 362 g/mol. The third-order valence-electron chi connectivity index (χ3n) is 4.18. The highest BCUT2D eigenvalue weighted by atomic mass is 32.2. The number of nitrogens with one attached hydrogen (secondary N) is 1. The SMILES string of the molecule is Cc1ccccc1C(C)(C)CNc1cccc(S(C)(=O)=O)c1[N+](=O)[O-]. The predicted octanol–water partition coefficient (Wildman–Crippen LogP) is 3.70. The van der Waals surface area contributed by atoms with Crippen LogP contribution in [0.5, 0.6) is 0 Å². The Kier molecular flexibility index (Phi) is 5.17. The number of nitro benzene ring substituents is 1. The van der Waals surface area contributed by atoms with Crippen LogP contribution in [0, 0.1) is 17.0 Å². The van der Waals surface area contributed by atoms with Gasteiger partial charge in [-0.15, -0.1) is 0 Å². The molecule has 0 amide bonds. The molecule has 0 aliphatic carbocycles. The number of aryl methyl sites for hydroxylation is 1. The molecule has 0 aliphatic heterocycles. The molecular weight excluding hydrogens is 340 g/mol. The fourth-order valence-corrected chi connectivity index (χ4v) is 3.76. The van der Waals surface area contributed by atoms with Crippen LogP contribution in [-0.4, -0.2) is 26.1 Å². The number of sulfone groups is 1. The minimum Gasteiger partial charge on any atom is -0.379 e. The average Bonchev–Trinajstić information content (AvgIpc) is 2.52. The molecule has 0 aliphatic rings. The van der Waals surface area contributed by atoms with Crippen molar-refractivity contribution in [3.63, 3.8) is 0 Å². The number of rotatable bonds is 6. The molecule has 0 bridgehead atoms. The van der Waals surface area contributed by atoms with E-state index in [0.717, 1.165) is 17.4 Å². The quantitative estimate of drug-likeness (QED) is 0.625. The largest absolute Gasteiger partial charge is 0.379 e. The molecule has 0 aromatic heterocycles. The Balaban J connectivity index is 2.39. The van der Waals surface area contributed by atoms with Gasteiger partial charge in [0.2, 0.25) is 0 Å². The number of benzene rings is 2. The van der Waals surface area contributed by atoms with E-state index < -0.39 is 20.4 Å². The number of para-hydroxylation sites is 1. The van der Waals surface area contributed by atoms with E-state index in [2.05, 4.69) is 5.32 Å². The van der Waals surface area contributed by atoms with Crippen molar-refractivity contribution < 1.29 is 13.3 Å². The Labute approximate surface area is 148 Å². The number of nitro groups is 1. The summed E-state index contributed by atoms with van der Waals surface area (Å²) in [5.41, 5.74) is 1.76. The lowest BCUT2D eigenvalue weighted by molar-refractivity contribution is -0.386. The molecule has 0 spiro atoms. The molecule has 0 saturated heterocycles. The van der Waals surface area contributed by atoms with Crippen molar-refractivity contribution in [2.24, 2.45) is 0 Å². The van der Waals surface area contributed by atoms with Gasteiger partial charge in [0.05, 0.1) is 4.92 Å². The zero-order valence-corrected chi connectivity index (χ0v) is 15.6. The molecule has 2 aromatic carbocycles. The minimum atomic E-state index is -3.70.